The fraction of sp³-hybridized carbons (Fsp3) is 0.111. The second kappa shape index (κ2) is 7.35. The van der Waals surface area contributed by atoms with E-state index >= 15 is 0 Å². The van der Waals surface area contributed by atoms with Crippen molar-refractivity contribution < 1.29 is 18.7 Å². The van der Waals surface area contributed by atoms with Crippen LogP contribution in [0.1, 0.15) is 19.4 Å². The molecule has 0 fully saturated rings. The average molecular weight is 313 g/mol. The van der Waals surface area contributed by atoms with Crippen molar-refractivity contribution in [2.24, 2.45) is 0 Å². The van der Waals surface area contributed by atoms with E-state index in [2.05, 4.69) is 5.32 Å². The third-order valence-electron chi connectivity index (χ3n) is 3.03. The molecule has 1 N–H and O–H groups in total. The molecule has 0 unspecified atom stereocenters. The molecule has 4 nitrogen and oxygen atoms in total. The van der Waals surface area contributed by atoms with E-state index in [1.54, 1.807) is 49.4 Å². The maximum atomic E-state index is 13.6. The van der Waals surface area contributed by atoms with E-state index in [-0.39, 0.29) is 5.91 Å². The van der Waals surface area contributed by atoms with Crippen LogP contribution < -0.4 is 10.1 Å². The number of anilines is 1. The van der Waals surface area contributed by atoms with Gasteiger partial charge in [0.2, 0.25) is 5.91 Å². The lowest BCUT2D eigenvalue weighted by Gasteiger charge is -2.06. The molecule has 0 aliphatic carbocycles. The van der Waals surface area contributed by atoms with Gasteiger partial charge < -0.3 is 10.1 Å². The van der Waals surface area contributed by atoms with Gasteiger partial charge in [-0.3, -0.25) is 4.79 Å². The van der Waals surface area contributed by atoms with Crippen molar-refractivity contribution in [3.63, 3.8) is 0 Å². The van der Waals surface area contributed by atoms with Crippen molar-refractivity contribution in [3.05, 3.63) is 66.0 Å². The lowest BCUT2D eigenvalue weighted by molar-refractivity contribution is -0.129. The Kier molecular flexibility index (Phi) is 5.25. The van der Waals surface area contributed by atoms with Gasteiger partial charge in [0.15, 0.2) is 0 Å². The summed E-state index contributed by atoms with van der Waals surface area (Å²) in [5.74, 6) is -0.841. The molecule has 0 spiro atoms. The van der Waals surface area contributed by atoms with Crippen molar-refractivity contribution in [3.8, 4) is 5.75 Å². The summed E-state index contributed by atoms with van der Waals surface area (Å²) in [5, 5.41) is 2.61. The Morgan fingerprint density at radius 1 is 1.04 bits per heavy atom. The van der Waals surface area contributed by atoms with Crippen LogP contribution in [0.3, 0.4) is 0 Å². The molecule has 118 valence electrons. The number of hydrogen-bond acceptors (Lipinski definition) is 3. The van der Waals surface area contributed by atoms with Crippen LogP contribution in [-0.2, 0) is 9.59 Å². The molecule has 0 saturated carbocycles. The second-order valence-corrected chi connectivity index (χ2v) is 4.93. The van der Waals surface area contributed by atoms with Crippen LogP contribution in [0.5, 0.6) is 5.75 Å². The van der Waals surface area contributed by atoms with Gasteiger partial charge in [0.25, 0.3) is 0 Å². The number of halogens is 1. The smallest absolute Gasteiger partial charge is 0.336 e. The standard InChI is InChI=1S/C18H16FNO3/c1-12(16-5-3-4-6-17(16)19)11-18(22)23-15-9-7-14(8-10-15)20-13(2)21/h3-11H,1-2H3,(H,20,21). The monoisotopic (exact) mass is 313 g/mol. The van der Waals surface area contributed by atoms with E-state index in [4.69, 9.17) is 4.74 Å². The van der Waals surface area contributed by atoms with Crippen molar-refractivity contribution in [2.45, 2.75) is 13.8 Å². The van der Waals surface area contributed by atoms with E-state index in [1.165, 1.54) is 19.1 Å². The van der Waals surface area contributed by atoms with Crippen molar-refractivity contribution in [2.75, 3.05) is 5.32 Å². The van der Waals surface area contributed by atoms with Crippen molar-refractivity contribution >= 4 is 23.1 Å². The Balaban J connectivity index is 2.05. The number of amides is 1. The molecule has 0 aliphatic heterocycles. The summed E-state index contributed by atoms with van der Waals surface area (Å²) in [7, 11) is 0. The Hall–Kier alpha value is -2.95. The third kappa shape index (κ3) is 4.78. The number of benzene rings is 2. The first-order valence-electron chi connectivity index (χ1n) is 6.98. The number of ether oxygens (including phenoxy) is 1. The number of carbonyl (C=O) groups excluding carboxylic acids is 2. The molecule has 2 aromatic rings. The van der Waals surface area contributed by atoms with Gasteiger partial charge in [-0.15, -0.1) is 0 Å². The summed E-state index contributed by atoms with van der Waals surface area (Å²) in [6.45, 7) is 3.05. The van der Waals surface area contributed by atoms with Crippen LogP contribution in [0.2, 0.25) is 0 Å². The van der Waals surface area contributed by atoms with Crippen LogP contribution >= 0.6 is 0 Å². The molecule has 0 saturated heterocycles. The minimum Gasteiger partial charge on any atom is -0.423 e. The van der Waals surface area contributed by atoms with E-state index in [9.17, 15) is 14.0 Å². The van der Waals surface area contributed by atoms with Gasteiger partial charge >= 0.3 is 5.97 Å². The molecule has 0 radical (unpaired) electrons. The minimum absolute atomic E-state index is 0.182. The van der Waals surface area contributed by atoms with Crippen LogP contribution in [0.15, 0.2) is 54.6 Å². The predicted octanol–water partition coefficient (Wildman–Crippen LogP) is 3.79. The first-order chi connectivity index (χ1) is 11.0. The minimum atomic E-state index is -0.599. The summed E-state index contributed by atoms with van der Waals surface area (Å²) in [4.78, 5) is 22.8. The lowest BCUT2D eigenvalue weighted by Crippen LogP contribution is -2.07. The van der Waals surface area contributed by atoms with Gasteiger partial charge in [-0.25, -0.2) is 9.18 Å². The Morgan fingerprint density at radius 3 is 2.30 bits per heavy atom. The van der Waals surface area contributed by atoms with E-state index in [0.717, 1.165) is 0 Å². The lowest BCUT2D eigenvalue weighted by atomic mass is 10.1. The molecule has 1 amide bonds. The maximum Gasteiger partial charge on any atom is 0.336 e. The highest BCUT2D eigenvalue weighted by atomic mass is 19.1. The van der Waals surface area contributed by atoms with E-state index < -0.39 is 11.8 Å². The highest BCUT2D eigenvalue weighted by Gasteiger charge is 2.07. The Bertz CT molecular complexity index is 751. The molecule has 0 aliphatic rings. The topological polar surface area (TPSA) is 55.4 Å². The zero-order valence-electron chi connectivity index (χ0n) is 12.8. The SMILES string of the molecule is CC(=O)Nc1ccc(OC(=O)C=C(C)c2ccccc2F)cc1. The Labute approximate surface area is 133 Å². The molecule has 2 rings (SSSR count). The first-order valence-corrected chi connectivity index (χ1v) is 6.98. The largest absolute Gasteiger partial charge is 0.423 e. The number of allylic oxidation sites excluding steroid dienone is 1. The van der Waals surface area contributed by atoms with Crippen molar-refractivity contribution in [1.82, 2.24) is 0 Å². The molecule has 0 bridgehead atoms. The summed E-state index contributed by atoms with van der Waals surface area (Å²) in [6.07, 6.45) is 1.24. The molecule has 0 aromatic heterocycles. The number of rotatable bonds is 4. The van der Waals surface area contributed by atoms with Gasteiger partial charge in [-0.1, -0.05) is 18.2 Å². The van der Waals surface area contributed by atoms with Crippen LogP contribution in [-0.4, -0.2) is 11.9 Å². The van der Waals surface area contributed by atoms with Gasteiger partial charge in [0, 0.05) is 24.3 Å². The number of carbonyl (C=O) groups is 2. The molecule has 23 heavy (non-hydrogen) atoms. The average Bonchev–Trinajstić information content (AvgIpc) is 2.49. The van der Waals surface area contributed by atoms with Gasteiger partial charge in [-0.05, 0) is 42.8 Å². The third-order valence-corrected chi connectivity index (χ3v) is 3.03. The summed E-state index contributed by atoms with van der Waals surface area (Å²) < 4.78 is 18.8. The summed E-state index contributed by atoms with van der Waals surface area (Å²) in [6, 6.07) is 12.6. The van der Waals surface area contributed by atoms with Crippen LogP contribution in [0, 0.1) is 5.82 Å². The molecular formula is C18H16FNO3. The normalized spacial score (nSPS) is 11.0. The summed E-state index contributed by atoms with van der Waals surface area (Å²) >= 11 is 0. The van der Waals surface area contributed by atoms with E-state index in [1.807, 2.05) is 0 Å². The van der Waals surface area contributed by atoms with Gasteiger partial charge in [0.1, 0.15) is 11.6 Å². The van der Waals surface area contributed by atoms with E-state index in [0.29, 0.717) is 22.6 Å². The number of nitrogens with one attached hydrogen (secondary N) is 1. The number of hydrogen-bond donors (Lipinski definition) is 1. The highest BCUT2D eigenvalue weighted by Crippen LogP contribution is 2.19. The molecule has 0 heterocycles. The summed E-state index contributed by atoms with van der Waals surface area (Å²) in [5.41, 5.74) is 1.43. The first kappa shape index (κ1) is 16.4. The second-order valence-electron chi connectivity index (χ2n) is 4.93. The zero-order valence-corrected chi connectivity index (χ0v) is 12.8. The molecule has 2 aromatic carbocycles. The van der Waals surface area contributed by atoms with Gasteiger partial charge in [0.05, 0.1) is 0 Å². The zero-order chi connectivity index (χ0) is 16.8. The quantitative estimate of drug-likeness (QED) is 0.531. The van der Waals surface area contributed by atoms with Crippen LogP contribution in [0.25, 0.3) is 5.57 Å². The Morgan fingerprint density at radius 2 is 1.70 bits per heavy atom. The molecular weight excluding hydrogens is 297 g/mol. The maximum absolute atomic E-state index is 13.6. The van der Waals surface area contributed by atoms with Crippen LogP contribution in [0.4, 0.5) is 10.1 Å². The van der Waals surface area contributed by atoms with Gasteiger partial charge in [-0.2, -0.15) is 0 Å². The molecule has 0 atom stereocenters. The fourth-order valence-electron chi connectivity index (χ4n) is 1.99. The predicted molar refractivity (Wildman–Crippen MR) is 86.4 cm³/mol. The van der Waals surface area contributed by atoms with Crippen molar-refractivity contribution in [1.29, 1.82) is 0 Å². The molecule has 5 heteroatoms. The number of esters is 1. The fourth-order valence-corrected chi connectivity index (χ4v) is 1.99. The highest BCUT2D eigenvalue weighted by molar-refractivity contribution is 5.92.